The van der Waals surface area contributed by atoms with Gasteiger partial charge in [-0.15, -0.1) is 0 Å². The van der Waals surface area contributed by atoms with Gasteiger partial charge >= 0.3 is 0 Å². The molecule has 0 aliphatic heterocycles. The van der Waals surface area contributed by atoms with Gasteiger partial charge in [0, 0.05) is 38.1 Å². The number of nitrogens with one attached hydrogen (secondary N) is 2. The van der Waals surface area contributed by atoms with E-state index in [0.29, 0.717) is 24.7 Å². The smallest absolute Gasteiger partial charge is 0.289 e. The molecule has 2 aromatic heterocycles. The highest BCUT2D eigenvalue weighted by molar-refractivity contribution is 5.92. The molecular weight excluding hydrogens is 256 g/mol. The molecule has 0 fully saturated rings. The van der Waals surface area contributed by atoms with Crippen molar-refractivity contribution in [2.24, 2.45) is 0 Å². The van der Waals surface area contributed by atoms with Crippen LogP contribution in [0.5, 0.6) is 0 Å². The van der Waals surface area contributed by atoms with E-state index < -0.39 is 0 Å². The summed E-state index contributed by atoms with van der Waals surface area (Å²) in [6, 6.07) is 1.90. The van der Waals surface area contributed by atoms with Crippen LogP contribution in [0.3, 0.4) is 0 Å². The molecule has 1 amide bonds. The number of hydrogen-bond acceptors (Lipinski definition) is 5. The molecule has 20 heavy (non-hydrogen) atoms. The molecule has 0 saturated carbocycles. The highest BCUT2D eigenvalue weighted by Gasteiger charge is 2.14. The maximum atomic E-state index is 11.9. The number of hydrogen-bond donors (Lipinski definition) is 2. The molecule has 0 aliphatic rings. The Morgan fingerprint density at radius 1 is 1.30 bits per heavy atom. The van der Waals surface area contributed by atoms with Crippen LogP contribution in [0.1, 0.15) is 27.7 Å². The zero-order valence-electron chi connectivity index (χ0n) is 11.9. The monoisotopic (exact) mass is 274 g/mol. The third-order valence-corrected chi connectivity index (χ3v) is 2.86. The van der Waals surface area contributed by atoms with E-state index in [1.165, 1.54) is 0 Å². The van der Waals surface area contributed by atoms with Crippen molar-refractivity contribution in [3.8, 4) is 0 Å². The fraction of sp³-hybridized carbons (Fsp3) is 0.357. The van der Waals surface area contributed by atoms with Crippen molar-refractivity contribution in [1.29, 1.82) is 0 Å². The lowest BCUT2D eigenvalue weighted by Crippen LogP contribution is -2.29. The Morgan fingerprint density at radius 2 is 2.10 bits per heavy atom. The van der Waals surface area contributed by atoms with Crippen LogP contribution in [-0.2, 0) is 0 Å². The van der Waals surface area contributed by atoms with E-state index in [2.05, 4.69) is 20.6 Å². The fourth-order valence-electron chi connectivity index (χ4n) is 1.87. The molecule has 0 radical (unpaired) electrons. The molecule has 106 valence electrons. The molecule has 2 heterocycles. The van der Waals surface area contributed by atoms with Crippen LogP contribution in [0, 0.1) is 20.8 Å². The van der Waals surface area contributed by atoms with Crippen molar-refractivity contribution in [1.82, 2.24) is 15.3 Å². The predicted octanol–water partition coefficient (Wildman–Crippen LogP) is 1.84. The van der Waals surface area contributed by atoms with Crippen molar-refractivity contribution in [2.75, 3.05) is 18.4 Å². The van der Waals surface area contributed by atoms with Crippen LogP contribution in [0.25, 0.3) is 0 Å². The second-order valence-electron chi connectivity index (χ2n) is 4.52. The summed E-state index contributed by atoms with van der Waals surface area (Å²) in [5, 5.41) is 6.03. The quantitative estimate of drug-likeness (QED) is 0.813. The molecule has 2 rings (SSSR count). The summed E-state index contributed by atoms with van der Waals surface area (Å²) >= 11 is 0. The number of anilines is 1. The van der Waals surface area contributed by atoms with E-state index in [4.69, 9.17) is 4.42 Å². The van der Waals surface area contributed by atoms with Gasteiger partial charge < -0.3 is 15.1 Å². The Labute approximate surface area is 117 Å². The van der Waals surface area contributed by atoms with Gasteiger partial charge in [0.1, 0.15) is 0 Å². The minimum atomic E-state index is -0.239. The van der Waals surface area contributed by atoms with Gasteiger partial charge in [-0.1, -0.05) is 0 Å². The lowest BCUT2D eigenvalue weighted by atomic mass is 10.2. The van der Waals surface area contributed by atoms with Crippen LogP contribution < -0.4 is 10.6 Å². The number of carbonyl (C=O) groups is 1. The highest BCUT2D eigenvalue weighted by atomic mass is 16.4. The third kappa shape index (κ3) is 3.34. The molecule has 2 aromatic rings. The summed E-state index contributed by atoms with van der Waals surface area (Å²) in [6.07, 6.45) is 3.52. The van der Waals surface area contributed by atoms with E-state index in [0.717, 1.165) is 11.3 Å². The maximum Gasteiger partial charge on any atom is 0.289 e. The third-order valence-electron chi connectivity index (χ3n) is 2.86. The Morgan fingerprint density at radius 3 is 2.75 bits per heavy atom. The minimum absolute atomic E-state index is 0.239. The zero-order chi connectivity index (χ0) is 14.5. The highest BCUT2D eigenvalue weighted by Crippen LogP contribution is 2.11. The van der Waals surface area contributed by atoms with E-state index in [9.17, 15) is 4.79 Å². The average molecular weight is 274 g/mol. The van der Waals surface area contributed by atoms with Gasteiger partial charge in [-0.3, -0.25) is 9.78 Å². The predicted molar refractivity (Wildman–Crippen MR) is 75.8 cm³/mol. The van der Waals surface area contributed by atoms with Gasteiger partial charge in [0.15, 0.2) is 5.89 Å². The van der Waals surface area contributed by atoms with Crippen molar-refractivity contribution < 1.29 is 9.21 Å². The standard InChI is InChI=1S/C14H18N4O2/c1-9-8-15-5-4-12(9)16-6-7-17-14(19)13-10(2)18-11(3)20-13/h4-5,8H,6-7H2,1-3H3,(H,15,16)(H,17,19). The van der Waals surface area contributed by atoms with E-state index in [-0.39, 0.29) is 11.7 Å². The fourth-order valence-corrected chi connectivity index (χ4v) is 1.87. The molecule has 0 atom stereocenters. The topological polar surface area (TPSA) is 80.0 Å². The summed E-state index contributed by atoms with van der Waals surface area (Å²) in [4.78, 5) is 20.0. The van der Waals surface area contributed by atoms with Crippen molar-refractivity contribution in [3.05, 3.63) is 41.4 Å². The van der Waals surface area contributed by atoms with E-state index >= 15 is 0 Å². The molecule has 0 aliphatic carbocycles. The number of pyridine rings is 1. The Bertz CT molecular complexity index is 607. The Kier molecular flexibility index (Phi) is 4.34. The van der Waals surface area contributed by atoms with Gasteiger partial charge in [-0.05, 0) is 25.5 Å². The first-order chi connectivity index (χ1) is 9.58. The lowest BCUT2D eigenvalue weighted by molar-refractivity contribution is 0.0925. The van der Waals surface area contributed by atoms with Crippen molar-refractivity contribution in [3.63, 3.8) is 0 Å². The summed E-state index contributed by atoms with van der Waals surface area (Å²) < 4.78 is 5.26. The average Bonchev–Trinajstić information content (AvgIpc) is 2.75. The maximum absolute atomic E-state index is 11.9. The second kappa shape index (κ2) is 6.18. The summed E-state index contributed by atoms with van der Waals surface area (Å²) in [5.74, 6) is 0.539. The number of oxazole rings is 1. The molecule has 0 spiro atoms. The second-order valence-corrected chi connectivity index (χ2v) is 4.52. The lowest BCUT2D eigenvalue weighted by Gasteiger charge is -2.09. The van der Waals surface area contributed by atoms with Gasteiger partial charge in [0.05, 0.1) is 5.69 Å². The molecular formula is C14H18N4O2. The van der Waals surface area contributed by atoms with E-state index in [1.807, 2.05) is 13.0 Å². The Balaban J connectivity index is 1.80. The van der Waals surface area contributed by atoms with Crippen LogP contribution in [-0.4, -0.2) is 29.0 Å². The first-order valence-corrected chi connectivity index (χ1v) is 6.44. The van der Waals surface area contributed by atoms with Gasteiger partial charge in [0.2, 0.25) is 5.76 Å². The number of carbonyl (C=O) groups excluding carboxylic acids is 1. The van der Waals surface area contributed by atoms with E-state index in [1.54, 1.807) is 26.2 Å². The molecule has 0 unspecified atom stereocenters. The number of nitrogens with zero attached hydrogens (tertiary/aromatic N) is 2. The molecule has 0 aromatic carbocycles. The summed E-state index contributed by atoms with van der Waals surface area (Å²) in [7, 11) is 0. The molecule has 0 bridgehead atoms. The van der Waals surface area contributed by atoms with Gasteiger partial charge in [-0.25, -0.2) is 4.98 Å². The first-order valence-electron chi connectivity index (χ1n) is 6.44. The van der Waals surface area contributed by atoms with Gasteiger partial charge in [0.25, 0.3) is 5.91 Å². The first kappa shape index (κ1) is 14.0. The molecule has 6 nitrogen and oxygen atoms in total. The van der Waals surface area contributed by atoms with Crippen LogP contribution in [0.4, 0.5) is 5.69 Å². The molecule has 2 N–H and O–H groups in total. The zero-order valence-corrected chi connectivity index (χ0v) is 11.9. The SMILES string of the molecule is Cc1nc(C)c(C(=O)NCCNc2ccncc2C)o1. The summed E-state index contributed by atoms with van der Waals surface area (Å²) in [5.41, 5.74) is 2.69. The van der Waals surface area contributed by atoms with Crippen molar-refractivity contribution >= 4 is 11.6 Å². The molecule has 0 saturated heterocycles. The number of rotatable bonds is 5. The number of aromatic nitrogens is 2. The minimum Gasteiger partial charge on any atom is -0.436 e. The number of aryl methyl sites for hydroxylation is 3. The van der Waals surface area contributed by atoms with Crippen LogP contribution in [0.15, 0.2) is 22.9 Å². The van der Waals surface area contributed by atoms with Gasteiger partial charge in [-0.2, -0.15) is 0 Å². The summed E-state index contributed by atoms with van der Waals surface area (Å²) in [6.45, 7) is 6.58. The van der Waals surface area contributed by atoms with Crippen LogP contribution in [0.2, 0.25) is 0 Å². The van der Waals surface area contributed by atoms with Crippen molar-refractivity contribution in [2.45, 2.75) is 20.8 Å². The Hall–Kier alpha value is -2.37. The molecule has 6 heteroatoms. The number of amides is 1. The largest absolute Gasteiger partial charge is 0.436 e. The normalized spacial score (nSPS) is 10.3. The van der Waals surface area contributed by atoms with Crippen LogP contribution >= 0.6 is 0 Å².